The lowest BCUT2D eigenvalue weighted by Gasteiger charge is -2.19. The number of halogens is 1. The van der Waals surface area contributed by atoms with Gasteiger partial charge in [0.25, 0.3) is 15.9 Å². The van der Waals surface area contributed by atoms with Crippen LogP contribution in [-0.4, -0.2) is 34.7 Å². The van der Waals surface area contributed by atoms with Gasteiger partial charge in [-0.15, -0.1) is 0 Å². The van der Waals surface area contributed by atoms with Gasteiger partial charge < -0.3 is 9.47 Å². The normalized spacial score (nSPS) is 11.3. The van der Waals surface area contributed by atoms with E-state index in [2.05, 4.69) is 26.5 Å². The van der Waals surface area contributed by atoms with E-state index in [0.717, 1.165) is 5.56 Å². The van der Waals surface area contributed by atoms with E-state index in [0.29, 0.717) is 39.4 Å². The van der Waals surface area contributed by atoms with Crippen molar-refractivity contribution in [3.05, 3.63) is 118 Å². The van der Waals surface area contributed by atoms with E-state index < -0.39 is 15.9 Å². The van der Waals surface area contributed by atoms with E-state index in [9.17, 15) is 13.2 Å². The van der Waals surface area contributed by atoms with Crippen LogP contribution in [0.2, 0.25) is 0 Å². The van der Waals surface area contributed by atoms with E-state index in [-0.39, 0.29) is 4.90 Å². The predicted molar refractivity (Wildman–Crippen MR) is 155 cm³/mol. The second-order valence-electron chi connectivity index (χ2n) is 8.34. The maximum atomic E-state index is 12.8. The summed E-state index contributed by atoms with van der Waals surface area (Å²) in [4.78, 5) is 12.8. The molecule has 0 aliphatic heterocycles. The van der Waals surface area contributed by atoms with Crippen molar-refractivity contribution in [3.63, 3.8) is 0 Å². The van der Waals surface area contributed by atoms with Crippen molar-refractivity contribution in [2.45, 2.75) is 11.5 Å². The topological polar surface area (TPSA) is 97.3 Å². The maximum Gasteiger partial charge on any atom is 0.271 e. The quantitative estimate of drug-likeness (QED) is 0.186. The van der Waals surface area contributed by atoms with Crippen LogP contribution in [0.25, 0.3) is 0 Å². The largest absolute Gasteiger partial charge is 0.493 e. The highest BCUT2D eigenvalue weighted by Crippen LogP contribution is 2.36. The third-order valence-corrected chi connectivity index (χ3v) is 8.14. The van der Waals surface area contributed by atoms with Crippen LogP contribution in [0.4, 0.5) is 5.69 Å². The molecular weight excluding hydrogens is 582 g/mol. The van der Waals surface area contributed by atoms with Crippen molar-refractivity contribution in [2.75, 3.05) is 18.5 Å². The van der Waals surface area contributed by atoms with Gasteiger partial charge in [-0.3, -0.25) is 9.10 Å². The van der Waals surface area contributed by atoms with E-state index >= 15 is 0 Å². The van der Waals surface area contributed by atoms with Gasteiger partial charge in [0.05, 0.1) is 28.4 Å². The molecule has 0 heterocycles. The number of methoxy groups -OCH3 is 1. The molecule has 0 radical (unpaired) electrons. The molecule has 0 aliphatic rings. The Hall–Kier alpha value is -4.15. The Balaban J connectivity index is 1.39. The molecule has 4 rings (SSSR count). The summed E-state index contributed by atoms with van der Waals surface area (Å²) in [5.41, 5.74) is 4.93. The number of nitrogens with zero attached hydrogens (tertiary/aromatic N) is 2. The molecule has 0 bridgehead atoms. The molecule has 4 aromatic rings. The smallest absolute Gasteiger partial charge is 0.271 e. The Morgan fingerprint density at radius 3 is 2.26 bits per heavy atom. The van der Waals surface area contributed by atoms with Crippen LogP contribution in [0.5, 0.6) is 11.5 Å². The number of hydrogen-bond acceptors (Lipinski definition) is 6. The minimum Gasteiger partial charge on any atom is -0.493 e. The minimum atomic E-state index is -3.71. The molecule has 0 saturated heterocycles. The Bertz CT molecular complexity index is 1560. The van der Waals surface area contributed by atoms with Crippen LogP contribution in [-0.2, 0) is 16.6 Å². The number of hydrazone groups is 1. The summed E-state index contributed by atoms with van der Waals surface area (Å²) in [6.45, 7) is 0.381. The number of rotatable bonds is 10. The van der Waals surface area contributed by atoms with Crippen molar-refractivity contribution >= 4 is 43.8 Å². The molecule has 1 N–H and O–H groups in total. The lowest BCUT2D eigenvalue weighted by atomic mass is 10.2. The molecule has 0 aliphatic carbocycles. The molecule has 0 unspecified atom stereocenters. The van der Waals surface area contributed by atoms with Gasteiger partial charge in [-0.2, -0.15) is 5.10 Å². The first-order valence-corrected chi connectivity index (χ1v) is 14.0. The summed E-state index contributed by atoms with van der Waals surface area (Å²) in [5.74, 6) is 0.625. The molecule has 0 fully saturated rings. The lowest BCUT2D eigenvalue weighted by molar-refractivity contribution is 0.0955. The Morgan fingerprint density at radius 1 is 0.974 bits per heavy atom. The molecular formula is C29H26BrN3O5S. The van der Waals surface area contributed by atoms with Gasteiger partial charge in [0.1, 0.15) is 6.61 Å². The highest BCUT2D eigenvalue weighted by Gasteiger charge is 2.21. The van der Waals surface area contributed by atoms with Gasteiger partial charge in [0.2, 0.25) is 0 Å². The average Bonchev–Trinajstić information content (AvgIpc) is 2.97. The fourth-order valence-corrected chi connectivity index (χ4v) is 5.42. The molecule has 200 valence electrons. The summed E-state index contributed by atoms with van der Waals surface area (Å²) in [7, 11) is -0.702. The van der Waals surface area contributed by atoms with E-state index in [1.54, 1.807) is 49.6 Å². The number of sulfonamides is 1. The van der Waals surface area contributed by atoms with Gasteiger partial charge in [-0.05, 0) is 75.6 Å². The fourth-order valence-electron chi connectivity index (χ4n) is 3.63. The maximum absolute atomic E-state index is 12.8. The second-order valence-corrected chi connectivity index (χ2v) is 11.2. The first-order valence-electron chi connectivity index (χ1n) is 11.8. The number of benzene rings is 4. The van der Waals surface area contributed by atoms with Gasteiger partial charge in [0, 0.05) is 12.6 Å². The molecule has 0 saturated carbocycles. The van der Waals surface area contributed by atoms with Crippen LogP contribution in [0.15, 0.2) is 112 Å². The number of anilines is 1. The number of ether oxygens (including phenoxy) is 2. The average molecular weight is 609 g/mol. The number of amides is 1. The van der Waals surface area contributed by atoms with E-state index in [1.807, 2.05) is 30.3 Å². The summed E-state index contributed by atoms with van der Waals surface area (Å²) in [6.07, 6.45) is 1.49. The molecule has 10 heteroatoms. The molecule has 0 spiro atoms. The molecule has 0 aromatic heterocycles. The van der Waals surface area contributed by atoms with Gasteiger partial charge in [-0.25, -0.2) is 13.8 Å². The van der Waals surface area contributed by atoms with Crippen molar-refractivity contribution in [1.29, 1.82) is 0 Å². The third kappa shape index (κ3) is 6.84. The van der Waals surface area contributed by atoms with Crippen LogP contribution in [0, 0.1) is 0 Å². The summed E-state index contributed by atoms with van der Waals surface area (Å²) in [5, 5.41) is 4.05. The highest BCUT2D eigenvalue weighted by molar-refractivity contribution is 9.10. The standard InChI is InChI=1S/C29H26BrN3O5S/c1-33(39(35,36)25-11-7-4-8-12-25)24-15-13-23(14-16-24)29(34)32-31-19-22-17-26(30)28(27(18-22)37-2)38-20-21-9-5-3-6-10-21/h3-19H,20H2,1-2H3,(H,32,34)/b31-19-. The first-order chi connectivity index (χ1) is 18.8. The van der Waals surface area contributed by atoms with Crippen LogP contribution in [0.1, 0.15) is 21.5 Å². The number of carbonyl (C=O) groups is 1. The van der Waals surface area contributed by atoms with Gasteiger partial charge >= 0.3 is 0 Å². The highest BCUT2D eigenvalue weighted by atomic mass is 79.9. The lowest BCUT2D eigenvalue weighted by Crippen LogP contribution is -2.26. The third-order valence-electron chi connectivity index (χ3n) is 5.75. The van der Waals surface area contributed by atoms with Crippen molar-refractivity contribution in [2.24, 2.45) is 5.10 Å². The molecule has 0 atom stereocenters. The zero-order valence-electron chi connectivity index (χ0n) is 21.2. The van der Waals surface area contributed by atoms with E-state index in [1.165, 1.54) is 41.8 Å². The van der Waals surface area contributed by atoms with Crippen molar-refractivity contribution < 1.29 is 22.7 Å². The fraction of sp³-hybridized carbons (Fsp3) is 0.103. The number of nitrogens with one attached hydrogen (secondary N) is 1. The van der Waals surface area contributed by atoms with Crippen molar-refractivity contribution in [1.82, 2.24) is 5.43 Å². The van der Waals surface area contributed by atoms with Crippen LogP contribution < -0.4 is 19.2 Å². The molecule has 39 heavy (non-hydrogen) atoms. The summed E-state index contributed by atoms with van der Waals surface area (Å²) < 4.78 is 38.9. The van der Waals surface area contributed by atoms with Crippen LogP contribution >= 0.6 is 15.9 Å². The zero-order valence-corrected chi connectivity index (χ0v) is 23.6. The van der Waals surface area contributed by atoms with Gasteiger partial charge in [0.15, 0.2) is 11.5 Å². The van der Waals surface area contributed by atoms with Crippen LogP contribution in [0.3, 0.4) is 0 Å². The Morgan fingerprint density at radius 2 is 1.62 bits per heavy atom. The summed E-state index contributed by atoms with van der Waals surface area (Å²) >= 11 is 3.52. The molecule has 4 aromatic carbocycles. The van der Waals surface area contributed by atoms with Crippen molar-refractivity contribution in [3.8, 4) is 11.5 Å². The first kappa shape index (κ1) is 27.9. The number of hydrogen-bond donors (Lipinski definition) is 1. The monoisotopic (exact) mass is 607 g/mol. The minimum absolute atomic E-state index is 0.183. The van der Waals surface area contributed by atoms with Gasteiger partial charge in [-0.1, -0.05) is 48.5 Å². The Labute approximate surface area is 236 Å². The second kappa shape index (κ2) is 12.6. The Kier molecular flexibility index (Phi) is 9.00. The SMILES string of the molecule is COc1cc(/C=N\NC(=O)c2ccc(N(C)S(=O)(=O)c3ccccc3)cc2)cc(Br)c1OCc1ccccc1. The van der Waals surface area contributed by atoms with E-state index in [4.69, 9.17) is 9.47 Å². The molecule has 8 nitrogen and oxygen atoms in total. The number of carbonyl (C=O) groups excluding carboxylic acids is 1. The molecule has 1 amide bonds. The summed E-state index contributed by atoms with van der Waals surface area (Å²) in [6, 6.07) is 27.7. The zero-order chi connectivity index (χ0) is 27.8. The predicted octanol–water partition coefficient (Wildman–Crippen LogP) is 5.63.